The Labute approximate surface area is 379 Å². The predicted molar refractivity (Wildman–Crippen MR) is 237 cm³/mol. The third kappa shape index (κ3) is 56.0. The van der Waals surface area contributed by atoms with Crippen LogP contribution in [-0.4, -0.2) is 182 Å². The highest BCUT2D eigenvalue weighted by molar-refractivity contribution is 5.70. The number of ether oxygens (including phenoxy) is 13. The lowest BCUT2D eigenvalue weighted by Crippen LogP contribution is -2.16. The zero-order valence-electron chi connectivity index (χ0n) is 39.2. The van der Waals surface area contributed by atoms with E-state index in [1.807, 2.05) is 0 Å². The average Bonchev–Trinajstić information content (AvgIpc) is 3.27. The van der Waals surface area contributed by atoms with E-state index in [4.69, 9.17) is 66.7 Å². The van der Waals surface area contributed by atoms with Gasteiger partial charge in [0.1, 0.15) is 13.2 Å². The quantitative estimate of drug-likeness (QED) is 0.0522. The maximum atomic E-state index is 11.9. The van der Waals surface area contributed by atoms with E-state index >= 15 is 0 Å². The van der Waals surface area contributed by atoms with Crippen LogP contribution in [0.1, 0.15) is 122 Å². The molecule has 0 aliphatic carbocycles. The van der Waals surface area contributed by atoms with Gasteiger partial charge in [0, 0.05) is 19.3 Å². The number of carbonyl (C=O) groups is 3. The molecule has 0 radical (unpaired) electrons. The molecule has 0 fully saturated rings. The highest BCUT2D eigenvalue weighted by Crippen LogP contribution is 2.13. The fraction of sp³-hybridized carbons (Fsp3) is 0.935. The first-order valence-electron chi connectivity index (χ1n) is 23.9. The van der Waals surface area contributed by atoms with Crippen molar-refractivity contribution in [1.82, 2.24) is 0 Å². The minimum Gasteiger partial charge on any atom is -0.481 e. The summed E-state index contributed by atoms with van der Waals surface area (Å²) in [6.07, 6.45) is 18.5. The van der Waals surface area contributed by atoms with Gasteiger partial charge in [-0.15, -0.1) is 0 Å². The van der Waals surface area contributed by atoms with Crippen molar-refractivity contribution in [1.29, 1.82) is 0 Å². The summed E-state index contributed by atoms with van der Waals surface area (Å²) < 4.78 is 70.4. The first kappa shape index (κ1) is 61.0. The topological polar surface area (TPSA) is 191 Å². The van der Waals surface area contributed by atoms with Crippen molar-refractivity contribution in [2.24, 2.45) is 0 Å². The van der Waals surface area contributed by atoms with Crippen LogP contribution in [0.5, 0.6) is 0 Å². The van der Waals surface area contributed by atoms with E-state index in [0.717, 1.165) is 12.8 Å². The van der Waals surface area contributed by atoms with Crippen molar-refractivity contribution in [3.05, 3.63) is 0 Å². The molecule has 0 heterocycles. The van der Waals surface area contributed by atoms with E-state index in [1.165, 1.54) is 70.6 Å². The van der Waals surface area contributed by atoms with Crippen molar-refractivity contribution in [3.63, 3.8) is 0 Å². The third-order valence-corrected chi connectivity index (χ3v) is 9.21. The molecule has 374 valence electrons. The molecule has 0 aliphatic heterocycles. The van der Waals surface area contributed by atoms with E-state index in [-0.39, 0.29) is 44.6 Å². The second-order valence-electron chi connectivity index (χ2n) is 14.8. The second kappa shape index (κ2) is 54.3. The van der Waals surface area contributed by atoms with Gasteiger partial charge in [-0.05, 0) is 19.3 Å². The number of carbonyl (C=O) groups excluding carboxylic acids is 2. The molecule has 17 heteroatoms. The zero-order valence-corrected chi connectivity index (χ0v) is 39.2. The highest BCUT2D eigenvalue weighted by atomic mass is 16.6. The molecule has 1 N–H and O–H groups in total. The number of carboxylic acid groups (broad SMARTS) is 1. The standard InChI is InChI=1S/C46H88O17/c1-2-3-4-5-6-7-8-9-10-11-12-13-14-18-45(49)62-42-40-60-38-36-58-34-32-56-30-28-54-26-24-52-22-20-51-21-23-53-25-27-55-29-31-57-33-35-59-37-39-61-41-43-63-46(50)19-16-15-17-44(47)48/h2-43H2,1H3,(H,47,48). The van der Waals surface area contributed by atoms with Crippen molar-refractivity contribution in [2.75, 3.05) is 159 Å². The first-order chi connectivity index (χ1) is 31.1. The van der Waals surface area contributed by atoms with E-state index < -0.39 is 5.97 Å². The van der Waals surface area contributed by atoms with Gasteiger partial charge in [-0.1, -0.05) is 84.0 Å². The fourth-order valence-corrected chi connectivity index (χ4v) is 5.71. The lowest BCUT2D eigenvalue weighted by atomic mass is 10.0. The van der Waals surface area contributed by atoms with E-state index in [2.05, 4.69) is 6.92 Å². The van der Waals surface area contributed by atoms with Crippen molar-refractivity contribution >= 4 is 17.9 Å². The van der Waals surface area contributed by atoms with Crippen LogP contribution in [0.25, 0.3) is 0 Å². The zero-order chi connectivity index (χ0) is 45.6. The van der Waals surface area contributed by atoms with Crippen molar-refractivity contribution in [2.45, 2.75) is 122 Å². The van der Waals surface area contributed by atoms with Crippen LogP contribution in [0, 0.1) is 0 Å². The Kier molecular flexibility index (Phi) is 52.6. The molecule has 0 aromatic heterocycles. The first-order valence-corrected chi connectivity index (χ1v) is 23.9. The molecule has 0 rings (SSSR count). The number of esters is 2. The smallest absolute Gasteiger partial charge is 0.305 e. The van der Waals surface area contributed by atoms with E-state index in [1.54, 1.807) is 0 Å². The molecule has 0 atom stereocenters. The normalized spacial score (nSPS) is 11.4. The Morgan fingerprint density at radius 3 is 0.698 bits per heavy atom. The average molecular weight is 913 g/mol. The SMILES string of the molecule is CCCCCCCCCCCCCCCC(=O)OCCOCCOCCOCCOCCOCCOCCOCCOCCOCCOCCOCCOC(=O)CCCCC(=O)O. The summed E-state index contributed by atoms with van der Waals surface area (Å²) in [4.78, 5) is 33.8. The Morgan fingerprint density at radius 1 is 0.270 bits per heavy atom. The van der Waals surface area contributed by atoms with Gasteiger partial charge in [0.25, 0.3) is 0 Å². The Balaban J connectivity index is 3.15. The number of hydrogen-bond donors (Lipinski definition) is 1. The maximum Gasteiger partial charge on any atom is 0.305 e. The largest absolute Gasteiger partial charge is 0.481 e. The van der Waals surface area contributed by atoms with Crippen LogP contribution in [-0.2, 0) is 76.0 Å². The summed E-state index contributed by atoms with van der Waals surface area (Å²) in [6.45, 7) is 12.6. The lowest BCUT2D eigenvalue weighted by molar-refractivity contribution is -0.146. The summed E-state index contributed by atoms with van der Waals surface area (Å²) >= 11 is 0. The Bertz CT molecular complexity index is 945. The van der Waals surface area contributed by atoms with Crippen LogP contribution < -0.4 is 0 Å². The number of unbranched alkanes of at least 4 members (excludes halogenated alkanes) is 13. The van der Waals surface area contributed by atoms with Gasteiger partial charge < -0.3 is 66.7 Å². The van der Waals surface area contributed by atoms with Crippen LogP contribution in [0.15, 0.2) is 0 Å². The molecule has 0 saturated carbocycles. The maximum absolute atomic E-state index is 11.9. The molecule has 0 unspecified atom stereocenters. The van der Waals surface area contributed by atoms with Gasteiger partial charge in [0.2, 0.25) is 0 Å². The Hall–Kier alpha value is -2.03. The van der Waals surface area contributed by atoms with Gasteiger partial charge in [0.05, 0.1) is 145 Å². The molecule has 0 spiro atoms. The van der Waals surface area contributed by atoms with E-state index in [9.17, 15) is 14.4 Å². The minimum atomic E-state index is -0.865. The summed E-state index contributed by atoms with van der Waals surface area (Å²) in [6, 6.07) is 0. The molecule has 0 saturated heterocycles. The van der Waals surface area contributed by atoms with Crippen LogP contribution in [0.4, 0.5) is 0 Å². The second-order valence-corrected chi connectivity index (χ2v) is 14.8. The van der Waals surface area contributed by atoms with E-state index in [0.29, 0.717) is 158 Å². The number of aliphatic carboxylic acids is 1. The van der Waals surface area contributed by atoms with Crippen LogP contribution in [0.3, 0.4) is 0 Å². The summed E-state index contributed by atoms with van der Waals surface area (Å²) in [5.74, 6) is -1.35. The predicted octanol–water partition coefficient (Wildman–Crippen LogP) is 6.38. The Morgan fingerprint density at radius 2 is 0.460 bits per heavy atom. The number of hydrogen-bond acceptors (Lipinski definition) is 16. The molecule has 0 aliphatic rings. The summed E-state index contributed by atoms with van der Waals surface area (Å²) in [5, 5.41) is 8.57. The van der Waals surface area contributed by atoms with Gasteiger partial charge in [0.15, 0.2) is 0 Å². The number of carboxylic acids is 1. The monoisotopic (exact) mass is 913 g/mol. The van der Waals surface area contributed by atoms with Gasteiger partial charge in [-0.25, -0.2) is 0 Å². The summed E-state index contributed by atoms with van der Waals surface area (Å²) in [5.41, 5.74) is 0. The molecule has 63 heavy (non-hydrogen) atoms. The molecule has 0 amide bonds. The molecule has 0 aromatic carbocycles. The summed E-state index contributed by atoms with van der Waals surface area (Å²) in [7, 11) is 0. The van der Waals surface area contributed by atoms with Crippen molar-refractivity contribution in [3.8, 4) is 0 Å². The molecule has 0 aromatic rings. The molecule has 17 nitrogen and oxygen atoms in total. The minimum absolute atomic E-state index is 0.0567. The van der Waals surface area contributed by atoms with Gasteiger partial charge in [-0.3, -0.25) is 14.4 Å². The molecular formula is C46H88O17. The fourth-order valence-electron chi connectivity index (χ4n) is 5.71. The van der Waals surface area contributed by atoms with Gasteiger partial charge >= 0.3 is 17.9 Å². The lowest BCUT2D eigenvalue weighted by Gasteiger charge is -2.09. The number of rotatable bonds is 55. The highest BCUT2D eigenvalue weighted by Gasteiger charge is 2.05. The van der Waals surface area contributed by atoms with Crippen molar-refractivity contribution < 1.29 is 81.1 Å². The van der Waals surface area contributed by atoms with Crippen LogP contribution in [0.2, 0.25) is 0 Å². The van der Waals surface area contributed by atoms with Crippen LogP contribution >= 0.6 is 0 Å². The molecule has 0 bridgehead atoms. The molecular weight excluding hydrogens is 824 g/mol. The van der Waals surface area contributed by atoms with Gasteiger partial charge in [-0.2, -0.15) is 0 Å². The third-order valence-electron chi connectivity index (χ3n) is 9.21.